The van der Waals surface area contributed by atoms with E-state index in [0.717, 1.165) is 24.5 Å². The molecule has 1 heterocycles. The Labute approximate surface area is 118 Å². The average Bonchev–Trinajstić information content (AvgIpc) is 2.78. The standard InChI is InChI=1S/C14H19ClN2O2/c15-12-5-3-11(4-6-12)8-16-9-13(18)10-17-7-1-2-14(17)19/h3-6,13,16,18H,1-2,7-10H2/p+1. The highest BCUT2D eigenvalue weighted by Crippen LogP contribution is 2.09. The predicted molar refractivity (Wildman–Crippen MR) is 73.8 cm³/mol. The number of hydrogen-bond donors (Lipinski definition) is 2. The lowest BCUT2D eigenvalue weighted by molar-refractivity contribution is -0.676. The first-order valence-corrected chi connectivity index (χ1v) is 7.05. The van der Waals surface area contributed by atoms with Crippen molar-refractivity contribution < 1.29 is 15.2 Å². The first kappa shape index (κ1) is 14.3. The molecular formula is C14H20ClN2O2+. The SMILES string of the molecule is O=C1CCCN1CC(O)C[NH2+]Cc1ccc(Cl)cc1. The number of carbonyl (C=O) groups is 1. The average molecular weight is 284 g/mol. The van der Waals surface area contributed by atoms with Gasteiger partial charge in [-0.15, -0.1) is 0 Å². The van der Waals surface area contributed by atoms with Gasteiger partial charge >= 0.3 is 0 Å². The minimum atomic E-state index is -0.464. The van der Waals surface area contributed by atoms with E-state index in [-0.39, 0.29) is 5.91 Å². The second-order valence-electron chi connectivity index (χ2n) is 4.95. The van der Waals surface area contributed by atoms with Crippen molar-refractivity contribution in [1.82, 2.24) is 4.90 Å². The summed E-state index contributed by atoms with van der Waals surface area (Å²) in [6.07, 6.45) is 1.08. The lowest BCUT2D eigenvalue weighted by Gasteiger charge is -2.18. The summed E-state index contributed by atoms with van der Waals surface area (Å²) in [6, 6.07) is 7.69. The zero-order valence-corrected chi connectivity index (χ0v) is 11.6. The lowest BCUT2D eigenvalue weighted by atomic mass is 10.2. The molecule has 0 bridgehead atoms. The molecule has 1 fully saturated rings. The quantitative estimate of drug-likeness (QED) is 0.793. The van der Waals surface area contributed by atoms with E-state index in [1.165, 1.54) is 5.56 Å². The summed E-state index contributed by atoms with van der Waals surface area (Å²) in [5, 5.41) is 12.7. The number of likely N-dealkylation sites (tertiary alicyclic amines) is 1. The second kappa shape index (κ2) is 6.89. The summed E-state index contributed by atoms with van der Waals surface area (Å²) in [4.78, 5) is 13.2. The summed E-state index contributed by atoms with van der Waals surface area (Å²) >= 11 is 5.82. The molecule has 1 aromatic rings. The molecule has 0 aromatic heterocycles. The molecule has 104 valence electrons. The first-order valence-electron chi connectivity index (χ1n) is 6.67. The Morgan fingerprint density at radius 2 is 2.11 bits per heavy atom. The van der Waals surface area contributed by atoms with E-state index in [2.05, 4.69) is 5.32 Å². The third-order valence-electron chi connectivity index (χ3n) is 3.33. The third kappa shape index (κ3) is 4.49. The first-order chi connectivity index (χ1) is 9.15. The molecular weight excluding hydrogens is 264 g/mol. The number of hydrogen-bond acceptors (Lipinski definition) is 2. The van der Waals surface area contributed by atoms with Gasteiger partial charge in [-0.05, 0) is 18.6 Å². The van der Waals surface area contributed by atoms with E-state index in [9.17, 15) is 9.90 Å². The molecule has 1 amide bonds. The highest BCUT2D eigenvalue weighted by Gasteiger charge is 2.22. The van der Waals surface area contributed by atoms with Crippen LogP contribution in [0.2, 0.25) is 5.02 Å². The van der Waals surface area contributed by atoms with Crippen molar-refractivity contribution in [1.29, 1.82) is 0 Å². The molecule has 5 heteroatoms. The van der Waals surface area contributed by atoms with Crippen molar-refractivity contribution in [3.05, 3.63) is 34.9 Å². The van der Waals surface area contributed by atoms with Crippen LogP contribution in [0.5, 0.6) is 0 Å². The van der Waals surface area contributed by atoms with E-state index in [1.807, 2.05) is 24.3 Å². The van der Waals surface area contributed by atoms with Gasteiger partial charge in [-0.2, -0.15) is 0 Å². The van der Waals surface area contributed by atoms with Crippen LogP contribution in [-0.4, -0.2) is 41.7 Å². The minimum Gasteiger partial charge on any atom is -0.385 e. The summed E-state index contributed by atoms with van der Waals surface area (Å²) in [7, 11) is 0. The van der Waals surface area contributed by atoms with Crippen molar-refractivity contribution in [3.63, 3.8) is 0 Å². The Kier molecular flexibility index (Phi) is 5.19. The number of halogens is 1. The largest absolute Gasteiger partial charge is 0.385 e. The minimum absolute atomic E-state index is 0.164. The molecule has 1 aromatic carbocycles. The number of rotatable bonds is 6. The molecule has 0 radical (unpaired) electrons. The van der Waals surface area contributed by atoms with Crippen LogP contribution in [0.1, 0.15) is 18.4 Å². The van der Waals surface area contributed by atoms with Crippen LogP contribution in [-0.2, 0) is 11.3 Å². The molecule has 19 heavy (non-hydrogen) atoms. The Hall–Kier alpha value is -1.10. The zero-order valence-electron chi connectivity index (χ0n) is 10.9. The molecule has 1 unspecified atom stereocenters. The van der Waals surface area contributed by atoms with Crippen LogP contribution in [0.3, 0.4) is 0 Å². The number of aliphatic hydroxyl groups excluding tert-OH is 1. The van der Waals surface area contributed by atoms with Gasteiger partial charge in [0.05, 0.1) is 6.54 Å². The molecule has 2 rings (SSSR count). The van der Waals surface area contributed by atoms with E-state index >= 15 is 0 Å². The maximum absolute atomic E-state index is 11.4. The Morgan fingerprint density at radius 1 is 1.37 bits per heavy atom. The number of benzene rings is 1. The van der Waals surface area contributed by atoms with E-state index in [1.54, 1.807) is 4.90 Å². The van der Waals surface area contributed by atoms with Gasteiger partial charge in [0.25, 0.3) is 0 Å². The van der Waals surface area contributed by atoms with Crippen molar-refractivity contribution in [3.8, 4) is 0 Å². The number of quaternary nitrogens is 1. The number of amides is 1. The highest BCUT2D eigenvalue weighted by atomic mass is 35.5. The van der Waals surface area contributed by atoms with Gasteiger partial charge in [0, 0.05) is 23.6 Å². The normalized spacial score (nSPS) is 16.9. The second-order valence-corrected chi connectivity index (χ2v) is 5.39. The van der Waals surface area contributed by atoms with E-state index in [0.29, 0.717) is 19.5 Å². The van der Waals surface area contributed by atoms with Gasteiger partial charge in [-0.25, -0.2) is 0 Å². The van der Waals surface area contributed by atoms with Crippen LogP contribution in [0.15, 0.2) is 24.3 Å². The van der Waals surface area contributed by atoms with Crippen LogP contribution in [0.25, 0.3) is 0 Å². The lowest BCUT2D eigenvalue weighted by Crippen LogP contribution is -2.85. The highest BCUT2D eigenvalue weighted by molar-refractivity contribution is 6.30. The molecule has 4 nitrogen and oxygen atoms in total. The summed E-state index contributed by atoms with van der Waals surface area (Å²) in [6.45, 7) is 2.65. The smallest absolute Gasteiger partial charge is 0.222 e. The van der Waals surface area contributed by atoms with Crippen molar-refractivity contribution >= 4 is 17.5 Å². The Balaban J connectivity index is 1.67. The topological polar surface area (TPSA) is 57.2 Å². The summed E-state index contributed by atoms with van der Waals surface area (Å²) in [5.74, 6) is 0.164. The van der Waals surface area contributed by atoms with Gasteiger partial charge in [0.15, 0.2) is 0 Å². The molecule has 1 aliphatic heterocycles. The van der Waals surface area contributed by atoms with E-state index in [4.69, 9.17) is 11.6 Å². The van der Waals surface area contributed by atoms with Crippen molar-refractivity contribution in [2.24, 2.45) is 0 Å². The van der Waals surface area contributed by atoms with Crippen molar-refractivity contribution in [2.75, 3.05) is 19.6 Å². The fourth-order valence-electron chi connectivity index (χ4n) is 2.29. The monoisotopic (exact) mass is 283 g/mol. The summed E-state index contributed by atoms with van der Waals surface area (Å²) in [5.41, 5.74) is 1.17. The number of aliphatic hydroxyl groups is 1. The van der Waals surface area contributed by atoms with Crippen LogP contribution in [0.4, 0.5) is 0 Å². The summed E-state index contributed by atoms with van der Waals surface area (Å²) < 4.78 is 0. The number of nitrogens with zero attached hydrogens (tertiary/aromatic N) is 1. The molecule has 0 aliphatic carbocycles. The predicted octanol–water partition coefficient (Wildman–Crippen LogP) is 0.387. The zero-order chi connectivity index (χ0) is 13.7. The van der Waals surface area contributed by atoms with Gasteiger partial charge < -0.3 is 15.3 Å². The molecule has 1 saturated heterocycles. The third-order valence-corrected chi connectivity index (χ3v) is 3.59. The maximum Gasteiger partial charge on any atom is 0.222 e. The van der Waals surface area contributed by atoms with Gasteiger partial charge in [0.2, 0.25) is 5.91 Å². The van der Waals surface area contributed by atoms with Crippen LogP contribution in [0, 0.1) is 0 Å². The Morgan fingerprint density at radius 3 is 2.74 bits per heavy atom. The van der Waals surface area contributed by atoms with Gasteiger partial charge in [-0.3, -0.25) is 4.79 Å². The van der Waals surface area contributed by atoms with Gasteiger partial charge in [-0.1, -0.05) is 23.7 Å². The van der Waals surface area contributed by atoms with Crippen molar-refractivity contribution in [2.45, 2.75) is 25.5 Å². The molecule has 1 atom stereocenters. The molecule has 1 aliphatic rings. The molecule has 0 saturated carbocycles. The van der Waals surface area contributed by atoms with Gasteiger partial charge in [0.1, 0.15) is 19.2 Å². The van der Waals surface area contributed by atoms with Crippen LogP contribution >= 0.6 is 11.6 Å². The fraction of sp³-hybridized carbons (Fsp3) is 0.500. The number of β-amino-alcohol motifs (C(OH)–C–C–N with tert-alkyl or cyclic N) is 1. The van der Waals surface area contributed by atoms with E-state index < -0.39 is 6.10 Å². The maximum atomic E-state index is 11.4. The Bertz CT molecular complexity index is 422. The molecule has 0 spiro atoms. The van der Waals surface area contributed by atoms with Crippen LogP contribution < -0.4 is 5.32 Å². The number of carbonyl (C=O) groups excluding carboxylic acids is 1. The fourth-order valence-corrected chi connectivity index (χ4v) is 2.41. The number of nitrogens with two attached hydrogens (primary N) is 1. The molecule has 3 N–H and O–H groups in total.